The van der Waals surface area contributed by atoms with Gasteiger partial charge in [-0.05, 0) is 43.7 Å². The van der Waals surface area contributed by atoms with Crippen molar-refractivity contribution in [2.45, 2.75) is 18.7 Å². The van der Waals surface area contributed by atoms with E-state index in [4.69, 9.17) is 4.74 Å². The molecule has 0 aliphatic carbocycles. The van der Waals surface area contributed by atoms with Crippen LogP contribution in [0.2, 0.25) is 0 Å². The lowest BCUT2D eigenvalue weighted by atomic mass is 10.1. The van der Waals surface area contributed by atoms with E-state index in [1.165, 1.54) is 20.2 Å². The zero-order chi connectivity index (χ0) is 18.6. The van der Waals surface area contributed by atoms with Gasteiger partial charge in [-0.2, -0.15) is 0 Å². The van der Waals surface area contributed by atoms with Crippen LogP contribution in [0.1, 0.15) is 22.8 Å². The average molecular weight is 362 g/mol. The van der Waals surface area contributed by atoms with Crippen molar-refractivity contribution in [3.63, 3.8) is 0 Å². The van der Waals surface area contributed by atoms with Crippen LogP contribution in [0, 0.1) is 6.92 Å². The van der Waals surface area contributed by atoms with Crippen molar-refractivity contribution >= 4 is 21.6 Å². The van der Waals surface area contributed by atoms with Gasteiger partial charge in [-0.15, -0.1) is 0 Å². The van der Waals surface area contributed by atoms with Gasteiger partial charge in [0.15, 0.2) is 0 Å². The number of benzene rings is 2. The molecule has 1 amide bonds. The molecule has 7 heteroatoms. The maximum atomic E-state index is 12.5. The third kappa shape index (κ3) is 4.18. The fourth-order valence-corrected chi connectivity index (χ4v) is 3.43. The van der Waals surface area contributed by atoms with Crippen LogP contribution in [-0.2, 0) is 10.0 Å². The van der Waals surface area contributed by atoms with Crippen LogP contribution in [0.4, 0.5) is 5.69 Å². The second-order valence-corrected chi connectivity index (χ2v) is 7.77. The largest absolute Gasteiger partial charge is 0.493 e. The summed E-state index contributed by atoms with van der Waals surface area (Å²) in [5, 5.41) is 2.73. The van der Waals surface area contributed by atoms with Gasteiger partial charge in [-0.3, -0.25) is 4.79 Å². The lowest BCUT2D eigenvalue weighted by Crippen LogP contribution is -2.23. The highest BCUT2D eigenvalue weighted by Gasteiger charge is 2.21. The molecule has 0 atom stereocenters. The minimum atomic E-state index is -3.59. The molecular formula is C18H22N2O4S. The average Bonchev–Trinajstić information content (AvgIpc) is 2.57. The van der Waals surface area contributed by atoms with Crippen LogP contribution in [0.3, 0.4) is 0 Å². The number of carbonyl (C=O) groups is 1. The molecule has 134 valence electrons. The van der Waals surface area contributed by atoms with E-state index in [9.17, 15) is 13.2 Å². The molecule has 0 saturated carbocycles. The number of hydrogen-bond acceptors (Lipinski definition) is 4. The van der Waals surface area contributed by atoms with Crippen molar-refractivity contribution in [1.82, 2.24) is 4.31 Å². The van der Waals surface area contributed by atoms with Crippen LogP contribution >= 0.6 is 0 Å². The lowest BCUT2D eigenvalue weighted by molar-refractivity contribution is 0.102. The number of para-hydroxylation sites is 1. The summed E-state index contributed by atoms with van der Waals surface area (Å²) in [6, 6.07) is 11.7. The van der Waals surface area contributed by atoms with Crippen LogP contribution in [0.25, 0.3) is 0 Å². The first kappa shape index (κ1) is 19.0. The number of sulfonamides is 1. The monoisotopic (exact) mass is 362 g/mol. The van der Waals surface area contributed by atoms with Crippen molar-refractivity contribution in [3.05, 3.63) is 53.6 Å². The summed E-state index contributed by atoms with van der Waals surface area (Å²) in [5.41, 5.74) is 1.41. The first-order valence-corrected chi connectivity index (χ1v) is 9.27. The number of aryl methyl sites for hydroxylation is 1. The van der Waals surface area contributed by atoms with E-state index >= 15 is 0 Å². The van der Waals surface area contributed by atoms with Crippen molar-refractivity contribution < 1.29 is 17.9 Å². The standard InChI is InChI=1S/C18H22N2O4S/c1-5-24-16-9-7-6-8-15(16)18(21)19-14-11-10-13(2)17(12-14)25(22,23)20(3)4/h6-12H,5H2,1-4H3,(H,19,21). The second-order valence-electron chi connectivity index (χ2n) is 5.65. The number of hydrogen-bond donors (Lipinski definition) is 1. The second kappa shape index (κ2) is 7.67. The smallest absolute Gasteiger partial charge is 0.259 e. The number of nitrogens with zero attached hydrogens (tertiary/aromatic N) is 1. The molecule has 6 nitrogen and oxygen atoms in total. The van der Waals surface area contributed by atoms with Crippen molar-refractivity contribution in [3.8, 4) is 5.75 Å². The molecule has 0 aromatic heterocycles. The van der Waals surface area contributed by atoms with Gasteiger partial charge in [0.1, 0.15) is 5.75 Å². The number of carbonyl (C=O) groups excluding carboxylic acids is 1. The van der Waals surface area contributed by atoms with Crippen LogP contribution in [0.15, 0.2) is 47.4 Å². The third-order valence-corrected chi connectivity index (χ3v) is 5.59. The SMILES string of the molecule is CCOc1ccccc1C(=O)Nc1ccc(C)c(S(=O)(=O)N(C)C)c1. The molecule has 2 aromatic rings. The van der Waals surface area contributed by atoms with E-state index in [1.807, 2.05) is 6.92 Å². The number of rotatable bonds is 6. The molecule has 0 fully saturated rings. The summed E-state index contributed by atoms with van der Waals surface area (Å²) in [6.45, 7) is 4.00. The van der Waals surface area contributed by atoms with Crippen molar-refractivity contribution in [2.24, 2.45) is 0 Å². The Morgan fingerprint density at radius 2 is 1.84 bits per heavy atom. The normalized spacial score (nSPS) is 11.4. The fourth-order valence-electron chi connectivity index (χ4n) is 2.29. The molecule has 0 aliphatic rings. The number of ether oxygens (including phenoxy) is 1. The summed E-state index contributed by atoms with van der Waals surface area (Å²) in [5.74, 6) is 0.122. The Bertz CT molecular complexity index is 876. The van der Waals surface area contributed by atoms with Gasteiger partial charge in [0.05, 0.1) is 17.1 Å². The van der Waals surface area contributed by atoms with E-state index in [-0.39, 0.29) is 10.8 Å². The summed E-state index contributed by atoms with van der Waals surface area (Å²) in [7, 11) is -0.649. The minimum Gasteiger partial charge on any atom is -0.493 e. The Morgan fingerprint density at radius 1 is 1.16 bits per heavy atom. The van der Waals surface area contributed by atoms with Crippen LogP contribution in [0.5, 0.6) is 5.75 Å². The summed E-state index contributed by atoms with van der Waals surface area (Å²) < 4.78 is 31.4. The molecule has 1 N–H and O–H groups in total. The Kier molecular flexibility index (Phi) is 5.81. The third-order valence-electron chi connectivity index (χ3n) is 3.64. The van der Waals surface area contributed by atoms with Gasteiger partial charge in [-0.25, -0.2) is 12.7 Å². The maximum Gasteiger partial charge on any atom is 0.259 e. The predicted octanol–water partition coefficient (Wildman–Crippen LogP) is 2.90. The topological polar surface area (TPSA) is 75.7 Å². The van der Waals surface area contributed by atoms with E-state index in [0.29, 0.717) is 29.2 Å². The zero-order valence-electron chi connectivity index (χ0n) is 14.7. The molecule has 25 heavy (non-hydrogen) atoms. The maximum absolute atomic E-state index is 12.5. The molecular weight excluding hydrogens is 340 g/mol. The zero-order valence-corrected chi connectivity index (χ0v) is 15.6. The van der Waals surface area contributed by atoms with Crippen molar-refractivity contribution in [2.75, 3.05) is 26.0 Å². The van der Waals surface area contributed by atoms with Gasteiger partial charge < -0.3 is 10.1 Å². The fraction of sp³-hybridized carbons (Fsp3) is 0.278. The van der Waals surface area contributed by atoms with Crippen molar-refractivity contribution in [1.29, 1.82) is 0 Å². The van der Waals surface area contributed by atoms with Gasteiger partial charge >= 0.3 is 0 Å². The lowest BCUT2D eigenvalue weighted by Gasteiger charge is -2.15. The van der Waals surface area contributed by atoms with E-state index in [2.05, 4.69) is 5.32 Å². The highest BCUT2D eigenvalue weighted by atomic mass is 32.2. The van der Waals surface area contributed by atoms with Gasteiger partial charge in [0, 0.05) is 19.8 Å². The van der Waals surface area contributed by atoms with E-state index in [0.717, 1.165) is 4.31 Å². The van der Waals surface area contributed by atoms with E-state index < -0.39 is 10.0 Å². The molecule has 0 heterocycles. The molecule has 0 aliphatic heterocycles. The number of anilines is 1. The molecule has 0 bridgehead atoms. The van der Waals surface area contributed by atoms with Crippen LogP contribution < -0.4 is 10.1 Å². The summed E-state index contributed by atoms with van der Waals surface area (Å²) in [4.78, 5) is 12.7. The highest BCUT2D eigenvalue weighted by Crippen LogP contribution is 2.24. The molecule has 0 radical (unpaired) electrons. The molecule has 2 aromatic carbocycles. The molecule has 0 spiro atoms. The highest BCUT2D eigenvalue weighted by molar-refractivity contribution is 7.89. The Morgan fingerprint density at radius 3 is 2.48 bits per heavy atom. The van der Waals surface area contributed by atoms with Crippen LogP contribution in [-0.4, -0.2) is 39.3 Å². The molecule has 2 rings (SSSR count). The summed E-state index contributed by atoms with van der Waals surface area (Å²) in [6.07, 6.45) is 0. The first-order valence-electron chi connectivity index (χ1n) is 7.83. The van der Waals surface area contributed by atoms with Gasteiger partial charge in [0.25, 0.3) is 5.91 Å². The van der Waals surface area contributed by atoms with Gasteiger partial charge in [0.2, 0.25) is 10.0 Å². The number of amides is 1. The molecule has 0 unspecified atom stereocenters. The Balaban J connectivity index is 2.34. The summed E-state index contributed by atoms with van der Waals surface area (Å²) >= 11 is 0. The first-order chi connectivity index (χ1) is 11.8. The Hall–Kier alpha value is -2.38. The minimum absolute atomic E-state index is 0.161. The Labute approximate surface area is 148 Å². The van der Waals surface area contributed by atoms with Gasteiger partial charge in [-0.1, -0.05) is 18.2 Å². The number of nitrogens with one attached hydrogen (secondary N) is 1. The quantitative estimate of drug-likeness (QED) is 0.857. The van der Waals surface area contributed by atoms with E-state index in [1.54, 1.807) is 43.3 Å². The molecule has 0 saturated heterocycles. The predicted molar refractivity (Wildman–Crippen MR) is 97.6 cm³/mol.